The van der Waals surface area contributed by atoms with Crippen molar-refractivity contribution >= 4 is 0 Å². The molecule has 1 N–H and O–H groups in total. The summed E-state index contributed by atoms with van der Waals surface area (Å²) in [5, 5.41) is 8.05. The largest absolute Gasteiger partial charge is 0.308 e. The summed E-state index contributed by atoms with van der Waals surface area (Å²) in [5.41, 5.74) is 1.17. The Labute approximate surface area is 104 Å². The molecule has 1 aliphatic rings. The van der Waals surface area contributed by atoms with Crippen molar-refractivity contribution < 1.29 is 0 Å². The third-order valence-corrected chi connectivity index (χ3v) is 3.14. The number of hydrogen-bond donors (Lipinski definition) is 1. The third kappa shape index (κ3) is 4.73. The van der Waals surface area contributed by atoms with Crippen LogP contribution in [-0.2, 0) is 13.1 Å². The standard InChI is InChI=1S/C14H23N3/c1-2-3-4-5-6-10-17-11-9-14(16-17)12-15-13-7-8-13/h2,9,11,13,15H,1,3-8,10,12H2. The van der Waals surface area contributed by atoms with E-state index in [0.29, 0.717) is 0 Å². The van der Waals surface area contributed by atoms with Crippen LogP contribution in [0, 0.1) is 0 Å². The van der Waals surface area contributed by atoms with E-state index in [4.69, 9.17) is 0 Å². The zero-order chi connectivity index (χ0) is 11.9. The Kier molecular flexibility index (Phi) is 4.80. The van der Waals surface area contributed by atoms with Crippen LogP contribution in [0.5, 0.6) is 0 Å². The van der Waals surface area contributed by atoms with Gasteiger partial charge in [-0.1, -0.05) is 12.5 Å². The fraction of sp³-hybridized carbons (Fsp3) is 0.643. The highest BCUT2D eigenvalue weighted by molar-refractivity contribution is 4.99. The van der Waals surface area contributed by atoms with E-state index in [1.165, 1.54) is 37.8 Å². The Morgan fingerprint density at radius 3 is 3.06 bits per heavy atom. The number of unbranched alkanes of at least 4 members (excludes halogenated alkanes) is 3. The lowest BCUT2D eigenvalue weighted by molar-refractivity contribution is 0.537. The number of aromatic nitrogens is 2. The maximum atomic E-state index is 4.56. The number of nitrogens with zero attached hydrogens (tertiary/aromatic N) is 2. The molecule has 1 aromatic rings. The minimum Gasteiger partial charge on any atom is -0.308 e. The first-order chi connectivity index (χ1) is 8.38. The summed E-state index contributed by atoms with van der Waals surface area (Å²) < 4.78 is 2.07. The number of aryl methyl sites for hydroxylation is 1. The molecular weight excluding hydrogens is 210 g/mol. The molecule has 3 heteroatoms. The summed E-state index contributed by atoms with van der Waals surface area (Å²) in [6.07, 6.45) is 11.6. The highest BCUT2D eigenvalue weighted by atomic mass is 15.3. The van der Waals surface area contributed by atoms with Gasteiger partial charge in [0.1, 0.15) is 0 Å². The first-order valence-electron chi connectivity index (χ1n) is 6.75. The van der Waals surface area contributed by atoms with E-state index in [0.717, 1.165) is 25.6 Å². The Morgan fingerprint density at radius 2 is 2.29 bits per heavy atom. The van der Waals surface area contributed by atoms with Crippen LogP contribution in [0.2, 0.25) is 0 Å². The van der Waals surface area contributed by atoms with Gasteiger partial charge in [0.05, 0.1) is 5.69 Å². The quantitative estimate of drug-likeness (QED) is 0.525. The van der Waals surface area contributed by atoms with Gasteiger partial charge in [0.2, 0.25) is 0 Å². The molecule has 1 heterocycles. The van der Waals surface area contributed by atoms with E-state index in [9.17, 15) is 0 Å². The first-order valence-corrected chi connectivity index (χ1v) is 6.75. The smallest absolute Gasteiger partial charge is 0.0762 e. The van der Waals surface area contributed by atoms with Gasteiger partial charge < -0.3 is 5.32 Å². The summed E-state index contributed by atoms with van der Waals surface area (Å²) in [4.78, 5) is 0. The predicted octanol–water partition coefficient (Wildman–Crippen LogP) is 2.88. The molecule has 1 aromatic heterocycles. The molecular formula is C14H23N3. The molecule has 1 saturated carbocycles. The van der Waals surface area contributed by atoms with Crippen LogP contribution in [0.4, 0.5) is 0 Å². The van der Waals surface area contributed by atoms with Gasteiger partial charge >= 0.3 is 0 Å². The summed E-state index contributed by atoms with van der Waals surface area (Å²) in [7, 11) is 0. The van der Waals surface area contributed by atoms with Crippen LogP contribution in [-0.4, -0.2) is 15.8 Å². The maximum absolute atomic E-state index is 4.56. The molecule has 1 aliphatic carbocycles. The van der Waals surface area contributed by atoms with Gasteiger partial charge in [0, 0.05) is 25.3 Å². The summed E-state index contributed by atoms with van der Waals surface area (Å²) in [6.45, 7) is 5.70. The topological polar surface area (TPSA) is 29.9 Å². The minimum atomic E-state index is 0.763. The monoisotopic (exact) mass is 233 g/mol. The molecule has 3 nitrogen and oxygen atoms in total. The van der Waals surface area contributed by atoms with Gasteiger partial charge in [0.25, 0.3) is 0 Å². The van der Waals surface area contributed by atoms with Crippen LogP contribution in [0.15, 0.2) is 24.9 Å². The summed E-state index contributed by atoms with van der Waals surface area (Å²) in [6, 6.07) is 2.89. The van der Waals surface area contributed by atoms with Gasteiger partial charge in [-0.15, -0.1) is 6.58 Å². The molecule has 0 unspecified atom stereocenters. The average molecular weight is 233 g/mol. The zero-order valence-corrected chi connectivity index (χ0v) is 10.6. The van der Waals surface area contributed by atoms with Gasteiger partial charge in [-0.2, -0.15) is 5.10 Å². The van der Waals surface area contributed by atoms with Crippen LogP contribution < -0.4 is 5.32 Å². The predicted molar refractivity (Wildman–Crippen MR) is 70.8 cm³/mol. The Hall–Kier alpha value is -1.09. The summed E-state index contributed by atoms with van der Waals surface area (Å²) in [5.74, 6) is 0. The number of hydrogen-bond acceptors (Lipinski definition) is 2. The normalized spacial score (nSPS) is 15.1. The second-order valence-corrected chi connectivity index (χ2v) is 4.86. The van der Waals surface area contributed by atoms with Gasteiger partial charge in [-0.3, -0.25) is 4.68 Å². The maximum Gasteiger partial charge on any atom is 0.0762 e. The zero-order valence-electron chi connectivity index (χ0n) is 10.6. The van der Waals surface area contributed by atoms with Crippen molar-refractivity contribution in [2.45, 2.75) is 57.7 Å². The van der Waals surface area contributed by atoms with E-state index in [1.54, 1.807) is 0 Å². The lowest BCUT2D eigenvalue weighted by Crippen LogP contribution is -2.15. The molecule has 0 saturated heterocycles. The SMILES string of the molecule is C=CCCCCCn1ccc(CNC2CC2)n1. The van der Waals surface area contributed by atoms with E-state index < -0.39 is 0 Å². The lowest BCUT2D eigenvalue weighted by Gasteiger charge is -2.01. The van der Waals surface area contributed by atoms with E-state index in [1.807, 2.05) is 6.08 Å². The van der Waals surface area contributed by atoms with E-state index in [2.05, 4.69) is 33.9 Å². The molecule has 0 radical (unpaired) electrons. The van der Waals surface area contributed by atoms with Crippen molar-refractivity contribution in [1.82, 2.24) is 15.1 Å². The van der Waals surface area contributed by atoms with Gasteiger partial charge in [-0.05, 0) is 38.2 Å². The molecule has 0 aliphatic heterocycles. The van der Waals surface area contributed by atoms with Gasteiger partial charge in [0.15, 0.2) is 0 Å². The Bertz CT molecular complexity index is 339. The van der Waals surface area contributed by atoms with Crippen LogP contribution in [0.25, 0.3) is 0 Å². The third-order valence-electron chi connectivity index (χ3n) is 3.14. The molecule has 17 heavy (non-hydrogen) atoms. The first kappa shape index (κ1) is 12.4. The lowest BCUT2D eigenvalue weighted by atomic mass is 10.2. The average Bonchev–Trinajstić information content (AvgIpc) is 3.06. The van der Waals surface area contributed by atoms with E-state index in [-0.39, 0.29) is 0 Å². The molecule has 2 rings (SSSR count). The molecule has 0 amide bonds. The Balaban J connectivity index is 1.61. The molecule has 94 valence electrons. The fourth-order valence-corrected chi connectivity index (χ4v) is 1.90. The van der Waals surface area contributed by atoms with E-state index >= 15 is 0 Å². The number of rotatable bonds is 9. The van der Waals surface area contributed by atoms with Crippen LogP contribution in [0.1, 0.15) is 44.2 Å². The fourth-order valence-electron chi connectivity index (χ4n) is 1.90. The Morgan fingerprint density at radius 1 is 1.41 bits per heavy atom. The van der Waals surface area contributed by atoms with Gasteiger partial charge in [-0.25, -0.2) is 0 Å². The second-order valence-electron chi connectivity index (χ2n) is 4.86. The minimum absolute atomic E-state index is 0.763. The van der Waals surface area contributed by atoms with Crippen molar-refractivity contribution in [3.63, 3.8) is 0 Å². The summed E-state index contributed by atoms with van der Waals surface area (Å²) >= 11 is 0. The van der Waals surface area contributed by atoms with Crippen LogP contribution >= 0.6 is 0 Å². The molecule has 0 spiro atoms. The number of nitrogens with one attached hydrogen (secondary N) is 1. The molecule has 0 aromatic carbocycles. The van der Waals surface area contributed by atoms with Crippen LogP contribution in [0.3, 0.4) is 0 Å². The molecule has 1 fully saturated rings. The van der Waals surface area contributed by atoms with Crippen molar-refractivity contribution in [1.29, 1.82) is 0 Å². The number of allylic oxidation sites excluding steroid dienone is 1. The second kappa shape index (κ2) is 6.60. The van der Waals surface area contributed by atoms with Crippen molar-refractivity contribution in [3.8, 4) is 0 Å². The highest BCUT2D eigenvalue weighted by Crippen LogP contribution is 2.18. The highest BCUT2D eigenvalue weighted by Gasteiger charge is 2.20. The van der Waals surface area contributed by atoms with Crippen molar-refractivity contribution in [2.75, 3.05) is 0 Å². The van der Waals surface area contributed by atoms with Crippen molar-refractivity contribution in [3.05, 3.63) is 30.6 Å². The molecule has 0 bridgehead atoms. The van der Waals surface area contributed by atoms with Crippen molar-refractivity contribution in [2.24, 2.45) is 0 Å². The molecule has 0 atom stereocenters.